The molecule has 24 heavy (non-hydrogen) atoms. The second-order valence-electron chi connectivity index (χ2n) is 5.12. The Morgan fingerprint density at radius 2 is 1.71 bits per heavy atom. The van der Waals surface area contributed by atoms with Crippen molar-refractivity contribution in [3.05, 3.63) is 72.1 Å². The number of amides is 1. The van der Waals surface area contributed by atoms with Crippen LogP contribution in [0.1, 0.15) is 17.9 Å². The fraction of sp³-hybridized carbons (Fsp3) is 0.167. The maximum atomic E-state index is 11.9. The molecule has 1 aromatic heterocycles. The lowest BCUT2D eigenvalue weighted by molar-refractivity contribution is -0.115. The molecule has 1 heterocycles. The van der Waals surface area contributed by atoms with Crippen LogP contribution in [0.3, 0.4) is 0 Å². The number of carbonyl (C=O) groups is 1. The number of nitrogens with one attached hydrogen (secondary N) is 1. The number of carbonyl (C=O) groups excluding carboxylic acids is 1. The van der Waals surface area contributed by atoms with Gasteiger partial charge in [0, 0.05) is 17.1 Å². The zero-order valence-corrected chi connectivity index (χ0v) is 13.8. The molecule has 0 aliphatic rings. The summed E-state index contributed by atoms with van der Waals surface area (Å²) in [6, 6.07) is 20.0. The van der Waals surface area contributed by atoms with E-state index in [1.807, 2.05) is 60.7 Å². The molecule has 6 heteroatoms. The van der Waals surface area contributed by atoms with Gasteiger partial charge in [-0.15, -0.1) is 16.9 Å². The van der Waals surface area contributed by atoms with Crippen LogP contribution in [0, 0.1) is 0 Å². The summed E-state index contributed by atoms with van der Waals surface area (Å²) in [6.07, 6.45) is 0.934. The van der Waals surface area contributed by atoms with Gasteiger partial charge in [-0.3, -0.25) is 10.1 Å². The van der Waals surface area contributed by atoms with Crippen molar-refractivity contribution in [1.29, 1.82) is 0 Å². The van der Waals surface area contributed by atoms with Crippen molar-refractivity contribution in [2.45, 2.75) is 17.7 Å². The zero-order valence-electron chi connectivity index (χ0n) is 13.0. The second kappa shape index (κ2) is 8.31. The normalized spacial score (nSPS) is 10.5. The minimum atomic E-state index is -0.131. The van der Waals surface area contributed by atoms with E-state index in [2.05, 4.69) is 15.5 Å². The highest BCUT2D eigenvalue weighted by atomic mass is 32.2. The van der Waals surface area contributed by atoms with E-state index >= 15 is 0 Å². The van der Waals surface area contributed by atoms with Gasteiger partial charge < -0.3 is 4.42 Å². The molecule has 0 atom stereocenters. The van der Waals surface area contributed by atoms with Gasteiger partial charge in [0.1, 0.15) is 0 Å². The average Bonchev–Trinajstić information content (AvgIpc) is 3.03. The molecule has 122 valence electrons. The van der Waals surface area contributed by atoms with Gasteiger partial charge in [-0.1, -0.05) is 53.6 Å². The third kappa shape index (κ3) is 4.96. The Hall–Kier alpha value is -2.60. The lowest BCUT2D eigenvalue weighted by Gasteiger charge is -2.01. The zero-order chi connectivity index (χ0) is 16.6. The molecule has 0 saturated heterocycles. The molecule has 0 aliphatic carbocycles. The Kier molecular flexibility index (Phi) is 5.63. The number of hydrogen-bond acceptors (Lipinski definition) is 5. The summed E-state index contributed by atoms with van der Waals surface area (Å²) in [5, 5.41) is 10.5. The molecule has 2 aromatic carbocycles. The monoisotopic (exact) mass is 339 g/mol. The number of benzene rings is 2. The minimum absolute atomic E-state index is 0.131. The molecular formula is C18H17N3O2S. The van der Waals surface area contributed by atoms with Crippen molar-refractivity contribution in [3.8, 4) is 0 Å². The van der Waals surface area contributed by atoms with E-state index < -0.39 is 0 Å². The largest absolute Gasteiger partial charge is 0.407 e. The van der Waals surface area contributed by atoms with E-state index in [1.54, 1.807) is 11.8 Å². The van der Waals surface area contributed by atoms with Crippen LogP contribution in [-0.4, -0.2) is 21.9 Å². The molecule has 0 aliphatic heterocycles. The molecule has 3 rings (SSSR count). The Bertz CT molecular complexity index is 775. The fourth-order valence-corrected chi connectivity index (χ4v) is 2.98. The third-order valence-electron chi connectivity index (χ3n) is 3.25. The summed E-state index contributed by atoms with van der Waals surface area (Å²) in [6.45, 7) is 0. The van der Waals surface area contributed by atoms with Crippen molar-refractivity contribution in [3.63, 3.8) is 0 Å². The van der Waals surface area contributed by atoms with Gasteiger partial charge in [-0.25, -0.2) is 0 Å². The molecule has 0 bridgehead atoms. The molecule has 5 nitrogen and oxygen atoms in total. The highest BCUT2D eigenvalue weighted by Gasteiger charge is 2.10. The van der Waals surface area contributed by atoms with Crippen LogP contribution in [-0.2, 0) is 11.2 Å². The molecule has 0 spiro atoms. The molecule has 3 aromatic rings. The van der Waals surface area contributed by atoms with Gasteiger partial charge in [-0.2, -0.15) is 0 Å². The van der Waals surface area contributed by atoms with E-state index in [0.29, 0.717) is 24.5 Å². The minimum Gasteiger partial charge on any atom is -0.407 e. The van der Waals surface area contributed by atoms with E-state index in [1.165, 1.54) is 0 Å². The molecule has 0 radical (unpaired) electrons. The maximum Gasteiger partial charge on any atom is 0.322 e. The number of rotatable bonds is 7. The number of nitrogens with zero attached hydrogens (tertiary/aromatic N) is 2. The Labute approximate surface area is 144 Å². The third-order valence-corrected chi connectivity index (χ3v) is 4.27. The van der Waals surface area contributed by atoms with Crippen molar-refractivity contribution in [2.75, 3.05) is 11.1 Å². The summed E-state index contributed by atoms with van der Waals surface area (Å²) in [5.74, 6) is 1.05. The van der Waals surface area contributed by atoms with Crippen LogP contribution in [0.25, 0.3) is 0 Å². The first-order valence-corrected chi connectivity index (χ1v) is 8.62. The Balaban J connectivity index is 1.45. The fourth-order valence-electron chi connectivity index (χ4n) is 2.11. The summed E-state index contributed by atoms with van der Waals surface area (Å²) in [5.41, 5.74) is 1.08. The van der Waals surface area contributed by atoms with Gasteiger partial charge in [0.25, 0.3) is 0 Å². The molecule has 0 saturated carbocycles. The SMILES string of the molecule is O=C(CCSc1ccccc1)Nc1nnc(Cc2ccccc2)o1. The highest BCUT2D eigenvalue weighted by molar-refractivity contribution is 7.99. The highest BCUT2D eigenvalue weighted by Crippen LogP contribution is 2.18. The predicted molar refractivity (Wildman–Crippen MR) is 94.0 cm³/mol. The smallest absolute Gasteiger partial charge is 0.322 e. The van der Waals surface area contributed by atoms with Gasteiger partial charge in [0.15, 0.2) is 0 Å². The standard InChI is InChI=1S/C18H17N3O2S/c22-16(11-12-24-15-9-5-2-6-10-15)19-18-21-20-17(23-18)13-14-7-3-1-4-8-14/h1-10H,11-13H2,(H,19,21,22). The summed E-state index contributed by atoms with van der Waals surface area (Å²) in [4.78, 5) is 13.1. The van der Waals surface area contributed by atoms with E-state index in [9.17, 15) is 4.79 Å². The first-order valence-electron chi connectivity index (χ1n) is 7.63. The van der Waals surface area contributed by atoms with Crippen molar-refractivity contribution in [1.82, 2.24) is 10.2 Å². The topological polar surface area (TPSA) is 68.0 Å². The Morgan fingerprint density at radius 1 is 1.00 bits per heavy atom. The Morgan fingerprint density at radius 3 is 2.46 bits per heavy atom. The van der Waals surface area contributed by atoms with Crippen molar-refractivity contribution >= 4 is 23.7 Å². The van der Waals surface area contributed by atoms with Crippen LogP contribution in [0.4, 0.5) is 6.01 Å². The quantitative estimate of drug-likeness (QED) is 0.664. The molecule has 1 amide bonds. The first kappa shape index (κ1) is 16.3. The van der Waals surface area contributed by atoms with Crippen LogP contribution < -0.4 is 5.32 Å². The van der Waals surface area contributed by atoms with Gasteiger partial charge in [0.05, 0.1) is 6.42 Å². The van der Waals surface area contributed by atoms with E-state index in [-0.39, 0.29) is 11.9 Å². The lowest BCUT2D eigenvalue weighted by Crippen LogP contribution is -2.12. The summed E-state index contributed by atoms with van der Waals surface area (Å²) >= 11 is 1.64. The van der Waals surface area contributed by atoms with Crippen LogP contribution in [0.5, 0.6) is 0 Å². The van der Waals surface area contributed by atoms with Gasteiger partial charge >= 0.3 is 6.01 Å². The van der Waals surface area contributed by atoms with Crippen LogP contribution >= 0.6 is 11.8 Å². The maximum absolute atomic E-state index is 11.9. The first-order chi connectivity index (χ1) is 11.8. The molecule has 1 N–H and O–H groups in total. The summed E-state index contributed by atoms with van der Waals surface area (Å²) < 4.78 is 5.46. The van der Waals surface area contributed by atoms with E-state index in [0.717, 1.165) is 10.5 Å². The number of anilines is 1. The number of aromatic nitrogens is 2. The molecular weight excluding hydrogens is 322 g/mol. The van der Waals surface area contributed by atoms with Crippen LogP contribution in [0.15, 0.2) is 70.0 Å². The van der Waals surface area contributed by atoms with Crippen LogP contribution in [0.2, 0.25) is 0 Å². The second-order valence-corrected chi connectivity index (χ2v) is 6.29. The molecule has 0 fully saturated rings. The van der Waals surface area contributed by atoms with Crippen molar-refractivity contribution < 1.29 is 9.21 Å². The predicted octanol–water partition coefficient (Wildman–Crippen LogP) is 3.78. The van der Waals surface area contributed by atoms with Gasteiger partial charge in [-0.05, 0) is 17.7 Å². The number of hydrogen-bond donors (Lipinski definition) is 1. The average molecular weight is 339 g/mol. The molecule has 0 unspecified atom stereocenters. The van der Waals surface area contributed by atoms with Gasteiger partial charge in [0.2, 0.25) is 11.8 Å². The summed E-state index contributed by atoms with van der Waals surface area (Å²) in [7, 11) is 0. The van der Waals surface area contributed by atoms with E-state index in [4.69, 9.17) is 4.42 Å². The number of thioether (sulfide) groups is 1. The van der Waals surface area contributed by atoms with Crippen molar-refractivity contribution in [2.24, 2.45) is 0 Å². The lowest BCUT2D eigenvalue weighted by atomic mass is 10.2.